The summed E-state index contributed by atoms with van der Waals surface area (Å²) in [7, 11) is 4.69. The second-order valence-corrected chi connectivity index (χ2v) is 7.41. The number of aliphatic hydroxyl groups excluding tert-OH is 1. The molecular weight excluding hydrogens is 348 g/mol. The van der Waals surface area contributed by atoms with Crippen molar-refractivity contribution in [2.75, 3.05) is 21.3 Å². The molecule has 2 aliphatic heterocycles. The largest absolute Gasteiger partial charge is 0.493 e. The zero-order valence-corrected chi connectivity index (χ0v) is 15.9. The van der Waals surface area contributed by atoms with E-state index in [1.165, 1.54) is 0 Å². The maximum atomic E-state index is 12.7. The Hall–Kier alpha value is -2.25. The molecular formula is C20H26N2O5. The highest BCUT2D eigenvalue weighted by atomic mass is 16.5. The number of rotatable bonds is 5. The molecule has 0 spiro atoms. The maximum absolute atomic E-state index is 12.7. The first-order valence-corrected chi connectivity index (χ1v) is 9.34. The standard InChI is InChI=1S/C20H26N2O5/c1-25-17-9-16-15(18(26-2)19(17)27-3)6-11(20(24)21-16)10-22-12-4-5-13(22)8-14(23)7-12/h6,9,12-14,23H,4-5,7-8,10H2,1-3H3,(H,21,24). The lowest BCUT2D eigenvalue weighted by molar-refractivity contribution is 0.0308. The number of pyridine rings is 1. The van der Waals surface area contributed by atoms with E-state index in [2.05, 4.69) is 9.88 Å². The summed E-state index contributed by atoms with van der Waals surface area (Å²) < 4.78 is 16.4. The first-order chi connectivity index (χ1) is 13.0. The van der Waals surface area contributed by atoms with Gasteiger partial charge in [0.25, 0.3) is 5.56 Å². The fourth-order valence-electron chi connectivity index (χ4n) is 4.69. The van der Waals surface area contributed by atoms with Crippen LogP contribution in [0.4, 0.5) is 0 Å². The molecule has 7 heteroatoms. The topological polar surface area (TPSA) is 84.0 Å². The Morgan fingerprint density at radius 1 is 1.07 bits per heavy atom. The lowest BCUT2D eigenvalue weighted by atomic mass is 9.99. The van der Waals surface area contributed by atoms with E-state index in [0.29, 0.717) is 47.0 Å². The van der Waals surface area contributed by atoms with Gasteiger partial charge in [0.2, 0.25) is 5.75 Å². The molecule has 0 saturated carbocycles. The summed E-state index contributed by atoms with van der Waals surface area (Å²) >= 11 is 0. The summed E-state index contributed by atoms with van der Waals surface area (Å²) in [6.07, 6.45) is 3.53. The Bertz CT molecular complexity index is 895. The predicted octanol–water partition coefficient (Wildman–Crippen LogP) is 2.04. The average Bonchev–Trinajstić information content (AvgIpc) is 2.89. The maximum Gasteiger partial charge on any atom is 0.252 e. The number of aromatic nitrogens is 1. The van der Waals surface area contributed by atoms with E-state index in [1.54, 1.807) is 27.4 Å². The van der Waals surface area contributed by atoms with Gasteiger partial charge in [-0.3, -0.25) is 9.69 Å². The summed E-state index contributed by atoms with van der Waals surface area (Å²) in [5.74, 6) is 1.56. The van der Waals surface area contributed by atoms with E-state index >= 15 is 0 Å². The van der Waals surface area contributed by atoms with Crippen molar-refractivity contribution >= 4 is 10.9 Å². The Labute approximate surface area is 157 Å². The van der Waals surface area contributed by atoms with Gasteiger partial charge in [0.05, 0.1) is 33.0 Å². The van der Waals surface area contributed by atoms with E-state index < -0.39 is 0 Å². The van der Waals surface area contributed by atoms with Gasteiger partial charge < -0.3 is 24.3 Å². The van der Waals surface area contributed by atoms with Crippen molar-refractivity contribution in [3.8, 4) is 17.2 Å². The number of hydrogen-bond acceptors (Lipinski definition) is 6. The average molecular weight is 374 g/mol. The number of benzene rings is 1. The molecule has 2 atom stereocenters. The Morgan fingerprint density at radius 2 is 1.74 bits per heavy atom. The molecule has 4 rings (SSSR count). The van der Waals surface area contributed by atoms with Crippen LogP contribution < -0.4 is 19.8 Å². The van der Waals surface area contributed by atoms with Crippen molar-refractivity contribution in [2.45, 2.75) is 50.4 Å². The number of piperidine rings is 1. The van der Waals surface area contributed by atoms with Crippen LogP contribution in [0.2, 0.25) is 0 Å². The van der Waals surface area contributed by atoms with Gasteiger partial charge in [-0.05, 0) is 31.7 Å². The number of nitrogens with zero attached hydrogens (tertiary/aromatic N) is 1. The molecule has 2 saturated heterocycles. The van der Waals surface area contributed by atoms with Crippen LogP contribution in [0.1, 0.15) is 31.2 Å². The van der Waals surface area contributed by atoms with Gasteiger partial charge in [-0.2, -0.15) is 0 Å². The Kier molecular flexibility index (Phi) is 4.74. The van der Waals surface area contributed by atoms with Crippen LogP contribution in [0.15, 0.2) is 16.9 Å². The van der Waals surface area contributed by atoms with Crippen LogP contribution in [0.25, 0.3) is 10.9 Å². The smallest absolute Gasteiger partial charge is 0.252 e. The number of methoxy groups -OCH3 is 3. The quantitative estimate of drug-likeness (QED) is 0.833. The molecule has 2 N–H and O–H groups in total. The number of hydrogen-bond donors (Lipinski definition) is 2. The SMILES string of the molecule is COc1cc2[nH]c(=O)c(CN3C4CCC3CC(O)C4)cc2c(OC)c1OC. The predicted molar refractivity (Wildman–Crippen MR) is 102 cm³/mol. The van der Waals surface area contributed by atoms with E-state index in [9.17, 15) is 9.90 Å². The van der Waals surface area contributed by atoms with Crippen LogP contribution in [0.3, 0.4) is 0 Å². The van der Waals surface area contributed by atoms with Crippen molar-refractivity contribution in [1.29, 1.82) is 0 Å². The molecule has 2 fully saturated rings. The van der Waals surface area contributed by atoms with Gasteiger partial charge in [0.15, 0.2) is 11.5 Å². The number of H-pyrrole nitrogens is 1. The summed E-state index contributed by atoms with van der Waals surface area (Å²) in [5.41, 5.74) is 1.24. The molecule has 0 amide bonds. The zero-order valence-electron chi connectivity index (χ0n) is 15.9. The highest BCUT2D eigenvalue weighted by Crippen LogP contribution is 2.43. The van der Waals surface area contributed by atoms with E-state index in [1.807, 2.05) is 6.07 Å². The van der Waals surface area contributed by atoms with Crippen LogP contribution in [0, 0.1) is 0 Å². The van der Waals surface area contributed by atoms with Gasteiger partial charge in [-0.15, -0.1) is 0 Å². The monoisotopic (exact) mass is 374 g/mol. The summed E-state index contributed by atoms with van der Waals surface area (Å²) in [6.45, 7) is 0.574. The minimum Gasteiger partial charge on any atom is -0.493 e. The zero-order chi connectivity index (χ0) is 19.1. The number of nitrogens with one attached hydrogen (secondary N) is 1. The summed E-state index contributed by atoms with van der Waals surface area (Å²) in [6, 6.07) is 4.34. The Morgan fingerprint density at radius 3 is 2.33 bits per heavy atom. The molecule has 3 heterocycles. The van der Waals surface area contributed by atoms with Crippen molar-refractivity contribution in [3.05, 3.63) is 28.0 Å². The van der Waals surface area contributed by atoms with Crippen molar-refractivity contribution in [1.82, 2.24) is 9.88 Å². The fraction of sp³-hybridized carbons (Fsp3) is 0.550. The molecule has 1 aromatic carbocycles. The van der Waals surface area contributed by atoms with Crippen molar-refractivity contribution in [3.63, 3.8) is 0 Å². The van der Waals surface area contributed by atoms with Gasteiger partial charge in [-0.1, -0.05) is 0 Å². The van der Waals surface area contributed by atoms with Gasteiger partial charge in [0.1, 0.15) is 0 Å². The van der Waals surface area contributed by atoms with Gasteiger partial charge in [0, 0.05) is 35.6 Å². The first kappa shape index (κ1) is 18.1. The molecule has 1 aromatic heterocycles. The lowest BCUT2D eigenvalue weighted by Gasteiger charge is -2.37. The second kappa shape index (κ2) is 7.05. The fourth-order valence-corrected chi connectivity index (χ4v) is 4.69. The third-order valence-electron chi connectivity index (χ3n) is 5.94. The molecule has 0 radical (unpaired) electrons. The number of aromatic amines is 1. The van der Waals surface area contributed by atoms with Crippen molar-refractivity contribution < 1.29 is 19.3 Å². The molecule has 146 valence electrons. The second-order valence-electron chi connectivity index (χ2n) is 7.41. The molecule has 0 aliphatic carbocycles. The highest BCUT2D eigenvalue weighted by molar-refractivity contribution is 5.90. The van der Waals surface area contributed by atoms with Crippen LogP contribution in [-0.4, -0.2) is 54.5 Å². The number of ether oxygens (including phenoxy) is 3. The summed E-state index contributed by atoms with van der Waals surface area (Å²) in [4.78, 5) is 18.0. The highest BCUT2D eigenvalue weighted by Gasteiger charge is 2.40. The van der Waals surface area contributed by atoms with Crippen LogP contribution in [0.5, 0.6) is 17.2 Å². The Balaban J connectivity index is 1.76. The van der Waals surface area contributed by atoms with E-state index in [-0.39, 0.29) is 11.7 Å². The van der Waals surface area contributed by atoms with E-state index in [4.69, 9.17) is 14.2 Å². The first-order valence-electron chi connectivity index (χ1n) is 9.34. The molecule has 2 aliphatic rings. The van der Waals surface area contributed by atoms with Gasteiger partial charge >= 0.3 is 0 Å². The minimum absolute atomic E-state index is 0.109. The summed E-state index contributed by atoms with van der Waals surface area (Å²) in [5, 5.41) is 10.8. The minimum atomic E-state index is -0.217. The molecule has 2 aromatic rings. The van der Waals surface area contributed by atoms with Crippen LogP contribution in [-0.2, 0) is 6.54 Å². The third-order valence-corrected chi connectivity index (χ3v) is 5.94. The normalized spacial score (nSPS) is 25.0. The number of fused-ring (bicyclic) bond motifs is 3. The van der Waals surface area contributed by atoms with Crippen molar-refractivity contribution in [2.24, 2.45) is 0 Å². The van der Waals surface area contributed by atoms with Gasteiger partial charge in [-0.25, -0.2) is 0 Å². The molecule has 7 nitrogen and oxygen atoms in total. The third kappa shape index (κ3) is 3.04. The molecule has 2 unspecified atom stereocenters. The van der Waals surface area contributed by atoms with E-state index in [0.717, 1.165) is 31.1 Å². The molecule has 2 bridgehead atoms. The van der Waals surface area contributed by atoms with Crippen LogP contribution >= 0.6 is 0 Å². The lowest BCUT2D eigenvalue weighted by Crippen LogP contribution is -2.44. The molecule has 27 heavy (non-hydrogen) atoms. The number of aliphatic hydroxyl groups is 1.